The molecule has 0 radical (unpaired) electrons. The highest BCUT2D eigenvalue weighted by molar-refractivity contribution is 14.0. The van der Waals surface area contributed by atoms with Crippen molar-refractivity contribution in [1.82, 2.24) is 9.78 Å². The fraction of sp³-hybridized carbons (Fsp3) is 0.375. The Kier molecular flexibility index (Phi) is 8.37. The number of benzene rings is 1. The lowest BCUT2D eigenvalue weighted by atomic mass is 10.2. The molecular formula is C16H24IN5O2. The molecule has 2 rings (SSSR count). The van der Waals surface area contributed by atoms with Crippen LogP contribution >= 0.6 is 24.0 Å². The number of ether oxygens (including phenoxy) is 2. The molecule has 0 amide bonds. The highest BCUT2D eigenvalue weighted by atomic mass is 127. The van der Waals surface area contributed by atoms with Gasteiger partial charge < -0.3 is 20.5 Å². The average Bonchev–Trinajstić information content (AvgIpc) is 2.93. The first kappa shape index (κ1) is 20.1. The Morgan fingerprint density at radius 2 is 2.00 bits per heavy atom. The van der Waals surface area contributed by atoms with E-state index in [2.05, 4.69) is 15.4 Å². The number of nitrogens with two attached hydrogens (primary N) is 1. The normalized spacial score (nSPS) is 10.9. The van der Waals surface area contributed by atoms with Gasteiger partial charge in [-0.05, 0) is 32.0 Å². The maximum absolute atomic E-state index is 5.97. The van der Waals surface area contributed by atoms with E-state index in [1.165, 1.54) is 0 Å². The van der Waals surface area contributed by atoms with Gasteiger partial charge in [-0.2, -0.15) is 5.10 Å². The summed E-state index contributed by atoms with van der Waals surface area (Å²) in [5, 5.41) is 7.17. The Labute approximate surface area is 159 Å². The Morgan fingerprint density at radius 3 is 2.62 bits per heavy atom. The number of aromatic nitrogens is 2. The molecule has 0 saturated carbocycles. The van der Waals surface area contributed by atoms with Crippen LogP contribution in [0.5, 0.6) is 11.5 Å². The molecule has 2 aromatic rings. The monoisotopic (exact) mass is 445 g/mol. The molecule has 1 aromatic heterocycles. The molecular weight excluding hydrogens is 421 g/mol. The molecule has 1 aromatic carbocycles. The van der Waals surface area contributed by atoms with Crippen LogP contribution in [-0.2, 0) is 13.6 Å². The zero-order valence-corrected chi connectivity index (χ0v) is 16.5. The molecule has 0 bridgehead atoms. The first-order chi connectivity index (χ1) is 11.1. The van der Waals surface area contributed by atoms with E-state index in [4.69, 9.17) is 15.2 Å². The van der Waals surface area contributed by atoms with Gasteiger partial charge in [0.25, 0.3) is 0 Å². The summed E-state index contributed by atoms with van der Waals surface area (Å²) in [6.45, 7) is 5.48. The second kappa shape index (κ2) is 10.0. The summed E-state index contributed by atoms with van der Waals surface area (Å²) in [7, 11) is 1.87. The molecule has 0 aliphatic rings. The summed E-state index contributed by atoms with van der Waals surface area (Å²) < 4.78 is 12.9. The third kappa shape index (κ3) is 5.59. The Morgan fingerprint density at radius 1 is 1.25 bits per heavy atom. The van der Waals surface area contributed by atoms with Crippen molar-refractivity contribution in [2.75, 3.05) is 18.5 Å². The van der Waals surface area contributed by atoms with Crippen molar-refractivity contribution in [3.63, 3.8) is 0 Å². The minimum Gasteiger partial charge on any atom is -0.494 e. The lowest BCUT2D eigenvalue weighted by Gasteiger charge is -2.14. The van der Waals surface area contributed by atoms with Crippen molar-refractivity contribution in [3.05, 3.63) is 36.2 Å². The second-order valence-corrected chi connectivity index (χ2v) is 4.80. The number of aryl methyl sites for hydroxylation is 1. The number of nitrogens with one attached hydrogen (secondary N) is 1. The first-order valence-corrected chi connectivity index (χ1v) is 7.57. The topological polar surface area (TPSA) is 86.7 Å². The summed E-state index contributed by atoms with van der Waals surface area (Å²) in [6.07, 6.45) is 1.73. The van der Waals surface area contributed by atoms with Gasteiger partial charge >= 0.3 is 0 Å². The van der Waals surface area contributed by atoms with Crippen molar-refractivity contribution >= 4 is 35.6 Å². The molecule has 24 heavy (non-hydrogen) atoms. The SMILES string of the molecule is CCOc1ccc(OCC)c(NC(N)=NCc2ccnn2C)c1.I. The van der Waals surface area contributed by atoms with E-state index in [0.29, 0.717) is 31.5 Å². The highest BCUT2D eigenvalue weighted by Crippen LogP contribution is 2.29. The molecule has 0 saturated heterocycles. The number of aliphatic imine (C=N–C) groups is 1. The number of guanidine groups is 1. The smallest absolute Gasteiger partial charge is 0.193 e. The summed E-state index contributed by atoms with van der Waals surface area (Å²) in [5.74, 6) is 1.76. The standard InChI is InChI=1S/C16H23N5O2.HI/c1-4-22-13-6-7-15(23-5-2)14(10-13)20-16(17)18-11-12-8-9-19-21(12)3;/h6-10H,4-5,11H2,1-3H3,(H3,17,18,20);1H. The molecule has 0 aliphatic carbocycles. The predicted octanol–water partition coefficient (Wildman–Crippen LogP) is 2.76. The molecule has 1 heterocycles. The Balaban J connectivity index is 0.00000288. The van der Waals surface area contributed by atoms with Gasteiger partial charge in [0.2, 0.25) is 0 Å². The van der Waals surface area contributed by atoms with Gasteiger partial charge in [0.1, 0.15) is 11.5 Å². The molecule has 7 nitrogen and oxygen atoms in total. The van der Waals surface area contributed by atoms with Crippen LogP contribution in [0.1, 0.15) is 19.5 Å². The average molecular weight is 445 g/mol. The summed E-state index contributed by atoms with van der Waals surface area (Å²) in [5.41, 5.74) is 7.68. The number of rotatable bonds is 7. The molecule has 0 atom stereocenters. The number of anilines is 1. The van der Waals surface area contributed by atoms with Crippen molar-refractivity contribution in [2.24, 2.45) is 17.8 Å². The van der Waals surface area contributed by atoms with Gasteiger partial charge in [-0.25, -0.2) is 4.99 Å². The van der Waals surface area contributed by atoms with Crippen LogP contribution in [0.4, 0.5) is 5.69 Å². The van der Waals surface area contributed by atoms with E-state index in [0.717, 1.165) is 17.1 Å². The predicted molar refractivity (Wildman–Crippen MR) is 106 cm³/mol. The van der Waals surface area contributed by atoms with Crippen LogP contribution in [0.2, 0.25) is 0 Å². The van der Waals surface area contributed by atoms with Crippen molar-refractivity contribution < 1.29 is 9.47 Å². The lowest BCUT2D eigenvalue weighted by Crippen LogP contribution is -2.23. The van der Waals surface area contributed by atoms with Gasteiger partial charge in [-0.1, -0.05) is 0 Å². The molecule has 8 heteroatoms. The van der Waals surface area contributed by atoms with E-state index < -0.39 is 0 Å². The number of nitrogens with zero attached hydrogens (tertiary/aromatic N) is 3. The van der Waals surface area contributed by atoms with E-state index >= 15 is 0 Å². The van der Waals surface area contributed by atoms with Crippen molar-refractivity contribution in [3.8, 4) is 11.5 Å². The van der Waals surface area contributed by atoms with Crippen LogP contribution in [-0.4, -0.2) is 29.0 Å². The van der Waals surface area contributed by atoms with Gasteiger partial charge in [-0.15, -0.1) is 24.0 Å². The van der Waals surface area contributed by atoms with E-state index in [1.807, 2.05) is 45.2 Å². The third-order valence-electron chi connectivity index (χ3n) is 3.16. The zero-order valence-electron chi connectivity index (χ0n) is 14.2. The molecule has 132 valence electrons. The van der Waals surface area contributed by atoms with Crippen LogP contribution in [0.15, 0.2) is 35.5 Å². The molecule has 0 fully saturated rings. The summed E-state index contributed by atoms with van der Waals surface area (Å²) >= 11 is 0. The fourth-order valence-corrected chi connectivity index (χ4v) is 2.04. The highest BCUT2D eigenvalue weighted by Gasteiger charge is 2.07. The molecule has 0 spiro atoms. The zero-order chi connectivity index (χ0) is 16.7. The third-order valence-corrected chi connectivity index (χ3v) is 3.16. The van der Waals surface area contributed by atoms with Crippen molar-refractivity contribution in [1.29, 1.82) is 0 Å². The van der Waals surface area contributed by atoms with Gasteiger partial charge in [0, 0.05) is 19.3 Å². The van der Waals surface area contributed by atoms with Crippen molar-refractivity contribution in [2.45, 2.75) is 20.4 Å². The van der Waals surface area contributed by atoms with E-state index in [-0.39, 0.29) is 24.0 Å². The minimum absolute atomic E-state index is 0. The van der Waals surface area contributed by atoms with Crippen LogP contribution < -0.4 is 20.5 Å². The molecule has 0 unspecified atom stereocenters. The van der Waals surface area contributed by atoms with Gasteiger partial charge in [0.15, 0.2) is 5.96 Å². The number of hydrogen-bond donors (Lipinski definition) is 2. The van der Waals surface area contributed by atoms with E-state index in [9.17, 15) is 0 Å². The quantitative estimate of drug-likeness (QED) is 0.389. The molecule has 3 N–H and O–H groups in total. The number of hydrogen-bond acceptors (Lipinski definition) is 4. The largest absolute Gasteiger partial charge is 0.494 e. The van der Waals surface area contributed by atoms with E-state index in [1.54, 1.807) is 10.9 Å². The van der Waals surface area contributed by atoms with Crippen LogP contribution in [0, 0.1) is 0 Å². The Bertz CT molecular complexity index is 672. The summed E-state index contributed by atoms with van der Waals surface area (Å²) in [4.78, 5) is 4.33. The number of halogens is 1. The van der Waals surface area contributed by atoms with Gasteiger partial charge in [0.05, 0.1) is 31.1 Å². The van der Waals surface area contributed by atoms with Crippen LogP contribution in [0.3, 0.4) is 0 Å². The maximum atomic E-state index is 5.97. The lowest BCUT2D eigenvalue weighted by molar-refractivity contribution is 0.332. The minimum atomic E-state index is 0. The Hall–Kier alpha value is -1.97. The second-order valence-electron chi connectivity index (χ2n) is 4.80. The molecule has 0 aliphatic heterocycles. The van der Waals surface area contributed by atoms with Crippen LogP contribution in [0.25, 0.3) is 0 Å². The first-order valence-electron chi connectivity index (χ1n) is 7.57. The fourth-order valence-electron chi connectivity index (χ4n) is 2.04. The maximum Gasteiger partial charge on any atom is 0.193 e. The van der Waals surface area contributed by atoms with Gasteiger partial charge in [-0.3, -0.25) is 4.68 Å². The summed E-state index contributed by atoms with van der Waals surface area (Å²) in [6, 6.07) is 7.47.